The maximum atomic E-state index is 12.9. The van der Waals surface area contributed by atoms with Gasteiger partial charge in [0.05, 0.1) is 0 Å². The number of hydrogen-bond acceptors (Lipinski definition) is 4. The molecule has 27 heavy (non-hydrogen) atoms. The Labute approximate surface area is 160 Å². The molecule has 5 heteroatoms. The van der Waals surface area contributed by atoms with Crippen LogP contribution in [0.4, 0.5) is 5.82 Å². The quantitative estimate of drug-likeness (QED) is 0.682. The maximum Gasteiger partial charge on any atom is 0.272 e. The molecule has 1 heterocycles. The van der Waals surface area contributed by atoms with Gasteiger partial charge in [-0.05, 0) is 25.0 Å². The van der Waals surface area contributed by atoms with Crippen LogP contribution < -0.4 is 5.32 Å². The summed E-state index contributed by atoms with van der Waals surface area (Å²) in [5, 5.41) is 3.34. The lowest BCUT2D eigenvalue weighted by Gasteiger charge is -2.21. The minimum absolute atomic E-state index is 0.0793. The van der Waals surface area contributed by atoms with E-state index in [0.717, 1.165) is 11.1 Å². The van der Waals surface area contributed by atoms with Crippen LogP contribution in [-0.2, 0) is 6.54 Å². The van der Waals surface area contributed by atoms with Crippen LogP contribution in [0, 0.1) is 0 Å². The smallest absolute Gasteiger partial charge is 0.272 e. The fourth-order valence-corrected chi connectivity index (χ4v) is 2.89. The first-order valence-corrected chi connectivity index (χ1v) is 9.14. The van der Waals surface area contributed by atoms with Crippen molar-refractivity contribution in [3.63, 3.8) is 0 Å². The van der Waals surface area contributed by atoms with Crippen molar-refractivity contribution in [3.8, 4) is 0 Å². The lowest BCUT2D eigenvalue weighted by molar-refractivity contribution is 0.0746. The third kappa shape index (κ3) is 4.91. The van der Waals surface area contributed by atoms with Crippen LogP contribution in [-0.4, -0.2) is 27.3 Å². The largest absolute Gasteiger partial charge is 0.363 e. The van der Waals surface area contributed by atoms with Gasteiger partial charge >= 0.3 is 0 Å². The number of hydrogen-bond donors (Lipinski definition) is 1. The predicted octanol–water partition coefficient (Wildman–Crippen LogP) is 4.31. The third-order valence-corrected chi connectivity index (χ3v) is 4.44. The van der Waals surface area contributed by atoms with Gasteiger partial charge < -0.3 is 10.2 Å². The minimum atomic E-state index is -0.0980. The van der Waals surface area contributed by atoms with Crippen molar-refractivity contribution in [3.05, 3.63) is 89.9 Å². The first-order valence-electron chi connectivity index (χ1n) is 9.14. The zero-order valence-electron chi connectivity index (χ0n) is 15.7. The van der Waals surface area contributed by atoms with Gasteiger partial charge in [-0.2, -0.15) is 0 Å². The Balaban J connectivity index is 1.72. The van der Waals surface area contributed by atoms with Gasteiger partial charge in [-0.1, -0.05) is 60.7 Å². The van der Waals surface area contributed by atoms with Crippen LogP contribution in [0.5, 0.6) is 0 Å². The van der Waals surface area contributed by atoms with E-state index in [0.29, 0.717) is 24.6 Å². The number of rotatable bonds is 7. The number of amides is 1. The summed E-state index contributed by atoms with van der Waals surface area (Å²) in [6.07, 6.45) is 1.43. The van der Waals surface area contributed by atoms with E-state index in [9.17, 15) is 4.79 Å². The van der Waals surface area contributed by atoms with Crippen LogP contribution >= 0.6 is 0 Å². The molecule has 1 N–H and O–H groups in total. The molecule has 3 aromatic rings. The number of aromatic nitrogens is 2. The molecule has 0 radical (unpaired) electrons. The predicted molar refractivity (Wildman–Crippen MR) is 107 cm³/mol. The number of anilines is 1. The average molecular weight is 360 g/mol. The molecule has 1 aromatic heterocycles. The Morgan fingerprint density at radius 1 is 1.04 bits per heavy atom. The highest BCUT2D eigenvalue weighted by molar-refractivity contribution is 5.92. The van der Waals surface area contributed by atoms with Crippen molar-refractivity contribution in [2.45, 2.75) is 26.4 Å². The van der Waals surface area contributed by atoms with E-state index in [-0.39, 0.29) is 11.9 Å². The Morgan fingerprint density at radius 3 is 2.37 bits per heavy atom. The molecule has 5 nitrogen and oxygen atoms in total. The van der Waals surface area contributed by atoms with Crippen molar-refractivity contribution >= 4 is 11.7 Å². The number of carbonyl (C=O) groups excluding carboxylic acids is 1. The SMILES string of the molecule is CCN(Cc1ccccc1)C(=O)c1cc(NC(C)c2ccccc2)ncn1. The van der Waals surface area contributed by atoms with Crippen molar-refractivity contribution in [1.29, 1.82) is 0 Å². The van der Waals surface area contributed by atoms with Crippen LogP contribution in [0.25, 0.3) is 0 Å². The highest BCUT2D eigenvalue weighted by Crippen LogP contribution is 2.18. The maximum absolute atomic E-state index is 12.9. The molecule has 0 aliphatic rings. The Morgan fingerprint density at radius 2 is 1.70 bits per heavy atom. The molecule has 0 aliphatic heterocycles. The van der Waals surface area contributed by atoms with E-state index in [2.05, 4.69) is 34.3 Å². The van der Waals surface area contributed by atoms with Gasteiger partial charge in [-0.15, -0.1) is 0 Å². The standard InChI is InChI=1S/C22H24N4O/c1-3-26(15-18-10-6-4-7-11-18)22(27)20-14-21(24-16-23-20)25-17(2)19-12-8-5-9-13-19/h4-14,16-17H,3,15H2,1-2H3,(H,23,24,25). The molecule has 2 aromatic carbocycles. The number of benzene rings is 2. The highest BCUT2D eigenvalue weighted by Gasteiger charge is 2.17. The third-order valence-electron chi connectivity index (χ3n) is 4.44. The lowest BCUT2D eigenvalue weighted by Crippen LogP contribution is -2.31. The summed E-state index contributed by atoms with van der Waals surface area (Å²) >= 11 is 0. The van der Waals surface area contributed by atoms with Gasteiger partial charge in [0, 0.05) is 25.2 Å². The fraction of sp³-hybridized carbons (Fsp3) is 0.227. The van der Waals surface area contributed by atoms with Gasteiger partial charge in [0.15, 0.2) is 0 Å². The molecule has 3 rings (SSSR count). The molecule has 1 amide bonds. The van der Waals surface area contributed by atoms with Gasteiger partial charge in [-0.3, -0.25) is 4.79 Å². The number of nitrogens with zero attached hydrogens (tertiary/aromatic N) is 3. The molecular formula is C22H24N4O. The van der Waals surface area contributed by atoms with E-state index in [1.165, 1.54) is 6.33 Å². The number of nitrogens with one attached hydrogen (secondary N) is 1. The van der Waals surface area contributed by atoms with E-state index in [1.54, 1.807) is 11.0 Å². The minimum Gasteiger partial charge on any atom is -0.363 e. The normalized spacial score (nSPS) is 11.6. The van der Waals surface area contributed by atoms with E-state index in [1.807, 2.05) is 55.5 Å². The summed E-state index contributed by atoms with van der Waals surface area (Å²) in [4.78, 5) is 23.1. The van der Waals surface area contributed by atoms with Gasteiger partial charge in [0.25, 0.3) is 5.91 Å². The van der Waals surface area contributed by atoms with Crippen LogP contribution in [0.1, 0.15) is 41.5 Å². The Kier molecular flexibility index (Phi) is 6.15. The molecule has 1 atom stereocenters. The zero-order valence-corrected chi connectivity index (χ0v) is 15.7. The molecule has 138 valence electrons. The van der Waals surface area contributed by atoms with Crippen molar-refractivity contribution in [1.82, 2.24) is 14.9 Å². The second kappa shape index (κ2) is 8.94. The zero-order chi connectivity index (χ0) is 19.1. The summed E-state index contributed by atoms with van der Waals surface area (Å²) in [7, 11) is 0. The van der Waals surface area contributed by atoms with Crippen molar-refractivity contribution in [2.24, 2.45) is 0 Å². The van der Waals surface area contributed by atoms with Crippen molar-refractivity contribution in [2.75, 3.05) is 11.9 Å². The van der Waals surface area contributed by atoms with Crippen LogP contribution in [0.2, 0.25) is 0 Å². The van der Waals surface area contributed by atoms with E-state index in [4.69, 9.17) is 0 Å². The molecule has 0 aliphatic carbocycles. The summed E-state index contributed by atoms with van der Waals surface area (Å²) in [5.41, 5.74) is 2.64. The van der Waals surface area contributed by atoms with E-state index >= 15 is 0 Å². The van der Waals surface area contributed by atoms with Gasteiger partial charge in [-0.25, -0.2) is 9.97 Å². The molecule has 0 fully saturated rings. The number of carbonyl (C=O) groups is 1. The molecule has 1 unspecified atom stereocenters. The molecule has 0 saturated heterocycles. The van der Waals surface area contributed by atoms with Crippen LogP contribution in [0.3, 0.4) is 0 Å². The fourth-order valence-electron chi connectivity index (χ4n) is 2.89. The Bertz CT molecular complexity index is 868. The molecule has 0 spiro atoms. The molecule has 0 saturated carbocycles. The van der Waals surface area contributed by atoms with Crippen LogP contribution in [0.15, 0.2) is 73.1 Å². The average Bonchev–Trinajstić information content (AvgIpc) is 2.73. The Hall–Kier alpha value is -3.21. The van der Waals surface area contributed by atoms with Crippen molar-refractivity contribution < 1.29 is 4.79 Å². The summed E-state index contributed by atoms with van der Waals surface area (Å²) in [6.45, 7) is 5.20. The topological polar surface area (TPSA) is 58.1 Å². The summed E-state index contributed by atoms with van der Waals surface area (Å²) in [5.74, 6) is 0.541. The summed E-state index contributed by atoms with van der Waals surface area (Å²) in [6, 6.07) is 21.9. The second-order valence-electron chi connectivity index (χ2n) is 6.37. The molecular weight excluding hydrogens is 336 g/mol. The summed E-state index contributed by atoms with van der Waals surface area (Å²) < 4.78 is 0. The highest BCUT2D eigenvalue weighted by atomic mass is 16.2. The second-order valence-corrected chi connectivity index (χ2v) is 6.37. The van der Waals surface area contributed by atoms with E-state index < -0.39 is 0 Å². The van der Waals surface area contributed by atoms with Gasteiger partial charge in [0.1, 0.15) is 17.8 Å². The first kappa shape index (κ1) is 18.6. The van der Waals surface area contributed by atoms with Gasteiger partial charge in [0.2, 0.25) is 0 Å². The monoisotopic (exact) mass is 360 g/mol. The first-order chi connectivity index (χ1) is 13.2. The molecule has 0 bridgehead atoms. The lowest BCUT2D eigenvalue weighted by atomic mass is 10.1.